The van der Waals surface area contributed by atoms with Gasteiger partial charge in [-0.25, -0.2) is 4.79 Å². The Kier molecular flexibility index (Phi) is 7.45. The first kappa shape index (κ1) is 25.3. The van der Waals surface area contributed by atoms with Crippen molar-refractivity contribution in [3.05, 3.63) is 21.6 Å². The summed E-state index contributed by atoms with van der Waals surface area (Å²) < 4.78 is 12.4. The number of benzene rings is 1. The highest BCUT2D eigenvalue weighted by Crippen LogP contribution is 2.35. The van der Waals surface area contributed by atoms with E-state index in [1.807, 2.05) is 32.9 Å². The van der Waals surface area contributed by atoms with Gasteiger partial charge in [-0.3, -0.25) is 0 Å². The fourth-order valence-corrected chi connectivity index (χ4v) is 5.00. The molecule has 3 heterocycles. The minimum atomic E-state index is -0.522. The highest BCUT2D eigenvalue weighted by molar-refractivity contribution is 9.10. The number of likely N-dealkylation sites (N-methyl/N-ethyl adjacent to an activating group) is 1. The SMILES string of the molecule is CC1CN(C(=O)OC(C)(C)C)CCN1c1nc(OCC2CCCN2C)nc2cc(Cl)c(Br)cc12. The van der Waals surface area contributed by atoms with Gasteiger partial charge >= 0.3 is 12.1 Å². The monoisotopic (exact) mass is 553 g/mol. The first-order chi connectivity index (χ1) is 16.0. The van der Waals surface area contributed by atoms with Crippen LogP contribution in [0.15, 0.2) is 16.6 Å². The van der Waals surface area contributed by atoms with Crippen LogP contribution < -0.4 is 9.64 Å². The maximum absolute atomic E-state index is 12.6. The van der Waals surface area contributed by atoms with Crippen LogP contribution in [0.3, 0.4) is 0 Å². The quantitative estimate of drug-likeness (QED) is 0.529. The van der Waals surface area contributed by atoms with Gasteiger partial charge in [0.15, 0.2) is 0 Å². The van der Waals surface area contributed by atoms with E-state index >= 15 is 0 Å². The molecule has 0 saturated carbocycles. The molecule has 2 saturated heterocycles. The molecule has 1 amide bonds. The third-order valence-corrected chi connectivity index (χ3v) is 7.52. The van der Waals surface area contributed by atoms with Gasteiger partial charge in [-0.15, -0.1) is 0 Å². The summed E-state index contributed by atoms with van der Waals surface area (Å²) in [5.41, 5.74) is 0.209. The van der Waals surface area contributed by atoms with E-state index in [0.717, 1.165) is 34.2 Å². The molecule has 2 aliphatic rings. The Bertz CT molecular complexity index is 1060. The molecule has 1 aromatic heterocycles. The minimum Gasteiger partial charge on any atom is -0.462 e. The third-order valence-electron chi connectivity index (χ3n) is 6.32. The second-order valence-corrected chi connectivity index (χ2v) is 11.4. The van der Waals surface area contributed by atoms with Crippen molar-refractivity contribution in [2.24, 2.45) is 0 Å². The van der Waals surface area contributed by atoms with E-state index in [-0.39, 0.29) is 12.1 Å². The number of hydrogen-bond donors (Lipinski definition) is 0. The minimum absolute atomic E-state index is 0.0302. The average Bonchev–Trinajstić information content (AvgIpc) is 3.16. The topological polar surface area (TPSA) is 71.0 Å². The summed E-state index contributed by atoms with van der Waals surface area (Å²) in [5, 5.41) is 1.47. The summed E-state index contributed by atoms with van der Waals surface area (Å²) in [4.78, 5) is 28.4. The normalized spacial score (nSPS) is 21.9. The average molecular weight is 555 g/mol. The summed E-state index contributed by atoms with van der Waals surface area (Å²) in [6.07, 6.45) is 2.00. The van der Waals surface area contributed by atoms with Gasteiger partial charge in [0.1, 0.15) is 18.0 Å². The molecule has 1 aromatic carbocycles. The Morgan fingerprint density at radius 3 is 2.65 bits per heavy atom. The molecular weight excluding hydrogens is 522 g/mol. The molecule has 0 bridgehead atoms. The smallest absolute Gasteiger partial charge is 0.410 e. The predicted octanol–water partition coefficient (Wildman–Crippen LogP) is 4.96. The summed E-state index contributed by atoms with van der Waals surface area (Å²) in [6, 6.07) is 4.54. The number of nitrogens with zero attached hydrogens (tertiary/aromatic N) is 5. The number of aromatic nitrogens is 2. The maximum Gasteiger partial charge on any atom is 0.410 e. The zero-order valence-corrected chi connectivity index (χ0v) is 22.8. The van der Waals surface area contributed by atoms with Crippen LogP contribution in [0.2, 0.25) is 5.02 Å². The fourth-order valence-electron chi connectivity index (χ4n) is 4.50. The third kappa shape index (κ3) is 5.69. The van der Waals surface area contributed by atoms with Crippen LogP contribution >= 0.6 is 27.5 Å². The molecule has 10 heteroatoms. The molecule has 186 valence electrons. The van der Waals surface area contributed by atoms with Gasteiger partial charge in [-0.2, -0.15) is 9.97 Å². The van der Waals surface area contributed by atoms with Gasteiger partial charge in [0.05, 0.1) is 10.5 Å². The standard InChI is InChI=1S/C24H33BrClN5O3/c1-15-13-30(23(32)34-24(2,3)4)9-10-31(15)21-17-11-18(25)19(26)12-20(17)27-22(28-21)33-14-16-7-6-8-29(16)5/h11-12,15-16H,6-10,13-14H2,1-5H3. The molecule has 2 atom stereocenters. The Morgan fingerprint density at radius 1 is 1.24 bits per heavy atom. The summed E-state index contributed by atoms with van der Waals surface area (Å²) in [7, 11) is 2.12. The maximum atomic E-state index is 12.6. The predicted molar refractivity (Wildman–Crippen MR) is 138 cm³/mol. The number of carbonyl (C=O) groups excluding carboxylic acids is 1. The van der Waals surface area contributed by atoms with Crippen molar-refractivity contribution in [2.45, 2.75) is 58.2 Å². The largest absolute Gasteiger partial charge is 0.462 e. The van der Waals surface area contributed by atoms with E-state index in [1.54, 1.807) is 4.90 Å². The van der Waals surface area contributed by atoms with Gasteiger partial charge in [0.25, 0.3) is 0 Å². The van der Waals surface area contributed by atoms with Crippen LogP contribution in [0.1, 0.15) is 40.5 Å². The summed E-state index contributed by atoms with van der Waals surface area (Å²) in [5.74, 6) is 0.786. The number of hydrogen-bond acceptors (Lipinski definition) is 7. The number of ether oxygens (including phenoxy) is 2. The number of carbonyl (C=O) groups is 1. The van der Waals surface area contributed by atoms with E-state index in [1.165, 1.54) is 6.42 Å². The van der Waals surface area contributed by atoms with Crippen molar-refractivity contribution in [3.63, 3.8) is 0 Å². The first-order valence-corrected chi connectivity index (χ1v) is 12.9. The Balaban J connectivity index is 1.60. The summed E-state index contributed by atoms with van der Waals surface area (Å²) >= 11 is 9.92. The molecule has 2 unspecified atom stereocenters. The lowest BCUT2D eigenvalue weighted by Crippen LogP contribution is -2.54. The van der Waals surface area contributed by atoms with Crippen LogP contribution in [0.5, 0.6) is 6.01 Å². The number of likely N-dealkylation sites (tertiary alicyclic amines) is 1. The Hall–Kier alpha value is -1.84. The van der Waals surface area contributed by atoms with Crippen molar-refractivity contribution in [1.82, 2.24) is 19.8 Å². The molecule has 0 spiro atoms. The van der Waals surface area contributed by atoms with E-state index in [2.05, 4.69) is 44.7 Å². The fraction of sp³-hybridized carbons (Fsp3) is 0.625. The second kappa shape index (κ2) is 10.0. The Labute approximate surface area is 214 Å². The van der Waals surface area contributed by atoms with Crippen molar-refractivity contribution >= 4 is 50.3 Å². The number of rotatable bonds is 4. The second-order valence-electron chi connectivity index (χ2n) is 10.2. The lowest BCUT2D eigenvalue weighted by atomic mass is 10.1. The van der Waals surface area contributed by atoms with Gasteiger partial charge in [-0.1, -0.05) is 11.6 Å². The highest BCUT2D eigenvalue weighted by atomic mass is 79.9. The van der Waals surface area contributed by atoms with Gasteiger partial charge in [0.2, 0.25) is 0 Å². The van der Waals surface area contributed by atoms with E-state index < -0.39 is 5.60 Å². The van der Waals surface area contributed by atoms with Crippen LogP contribution in [-0.2, 0) is 4.74 Å². The number of fused-ring (bicyclic) bond motifs is 1. The number of amides is 1. The molecule has 2 aliphatic heterocycles. The zero-order valence-electron chi connectivity index (χ0n) is 20.5. The number of piperazine rings is 1. The zero-order chi connectivity index (χ0) is 24.6. The van der Waals surface area contributed by atoms with Crippen molar-refractivity contribution < 1.29 is 14.3 Å². The van der Waals surface area contributed by atoms with E-state index in [0.29, 0.717) is 43.3 Å². The van der Waals surface area contributed by atoms with Gasteiger partial charge in [-0.05, 0) is 82.2 Å². The van der Waals surface area contributed by atoms with Gasteiger partial charge in [0, 0.05) is 41.6 Å². The molecule has 0 N–H and O–H groups in total. The van der Waals surface area contributed by atoms with Crippen molar-refractivity contribution in [2.75, 3.05) is 44.7 Å². The Morgan fingerprint density at radius 2 is 2.00 bits per heavy atom. The van der Waals surface area contributed by atoms with Crippen molar-refractivity contribution in [3.8, 4) is 6.01 Å². The van der Waals surface area contributed by atoms with Gasteiger partial charge < -0.3 is 24.2 Å². The van der Waals surface area contributed by atoms with Crippen LogP contribution in [-0.4, -0.2) is 83.4 Å². The lowest BCUT2D eigenvalue weighted by molar-refractivity contribution is 0.0218. The van der Waals surface area contributed by atoms with E-state index in [9.17, 15) is 4.79 Å². The number of halogens is 2. The molecular formula is C24H33BrClN5O3. The first-order valence-electron chi connectivity index (χ1n) is 11.8. The molecule has 0 radical (unpaired) electrons. The molecule has 8 nitrogen and oxygen atoms in total. The van der Waals surface area contributed by atoms with Crippen LogP contribution in [0.4, 0.5) is 10.6 Å². The molecule has 2 aromatic rings. The molecule has 4 rings (SSSR count). The molecule has 34 heavy (non-hydrogen) atoms. The van der Waals surface area contributed by atoms with E-state index in [4.69, 9.17) is 26.1 Å². The van der Waals surface area contributed by atoms with Crippen LogP contribution in [0, 0.1) is 0 Å². The lowest BCUT2D eigenvalue weighted by Gasteiger charge is -2.41. The molecule has 2 fully saturated rings. The number of anilines is 1. The highest BCUT2D eigenvalue weighted by Gasteiger charge is 2.32. The summed E-state index contributed by atoms with van der Waals surface area (Å²) in [6.45, 7) is 11.1. The molecule has 0 aliphatic carbocycles. The van der Waals surface area contributed by atoms with Crippen LogP contribution in [0.25, 0.3) is 10.9 Å². The van der Waals surface area contributed by atoms with Crippen molar-refractivity contribution in [1.29, 1.82) is 0 Å².